The molecule has 1 aromatic rings. The monoisotopic (exact) mass is 341 g/mol. The Morgan fingerprint density at radius 2 is 2.12 bits per heavy atom. The van der Waals surface area contributed by atoms with Crippen molar-refractivity contribution in [2.75, 3.05) is 26.1 Å². The molecule has 3 N–H and O–H groups in total. The number of aromatic nitrogens is 1. The second kappa shape index (κ2) is 10.9. The van der Waals surface area contributed by atoms with Crippen molar-refractivity contribution in [1.82, 2.24) is 10.3 Å². The summed E-state index contributed by atoms with van der Waals surface area (Å²) in [6.45, 7) is 6.06. The molecule has 1 fully saturated rings. The van der Waals surface area contributed by atoms with Gasteiger partial charge in [-0.15, -0.1) is 0 Å². The van der Waals surface area contributed by atoms with Crippen molar-refractivity contribution in [3.8, 4) is 0 Å². The van der Waals surface area contributed by atoms with E-state index >= 15 is 0 Å². The van der Waals surface area contributed by atoms with Gasteiger partial charge in [0, 0.05) is 25.3 Å². The van der Waals surface area contributed by atoms with Crippen LogP contribution >= 0.6 is 0 Å². The van der Waals surface area contributed by atoms with Crippen LogP contribution in [0.4, 0.5) is 10.1 Å². The highest BCUT2D eigenvalue weighted by Gasteiger charge is 2.24. The molecule has 2 heterocycles. The first-order valence-electron chi connectivity index (χ1n) is 8.28. The molecule has 2 rings (SSSR count). The molecule has 0 aliphatic carbocycles. The molecule has 6 nitrogen and oxygen atoms in total. The second-order valence-corrected chi connectivity index (χ2v) is 5.78. The molecule has 0 amide bonds. The summed E-state index contributed by atoms with van der Waals surface area (Å²) in [6, 6.07) is -0.484. The zero-order chi connectivity index (χ0) is 17.9. The van der Waals surface area contributed by atoms with Crippen LogP contribution in [0.25, 0.3) is 0 Å². The fourth-order valence-corrected chi connectivity index (χ4v) is 2.27. The summed E-state index contributed by atoms with van der Waals surface area (Å²) in [6.07, 6.45) is 5.85. The third-order valence-electron chi connectivity index (χ3n) is 4.03. The number of carbonyl (C=O) groups excluding carboxylic acids is 1. The van der Waals surface area contributed by atoms with Gasteiger partial charge in [-0.1, -0.05) is 20.3 Å². The van der Waals surface area contributed by atoms with E-state index in [2.05, 4.69) is 10.3 Å². The number of methoxy groups -OCH3 is 1. The number of nitrogens with two attached hydrogens (primary N) is 1. The maximum absolute atomic E-state index is 13.6. The van der Waals surface area contributed by atoms with Gasteiger partial charge in [0.2, 0.25) is 0 Å². The number of nitrogens with zero attached hydrogens (tertiary/aromatic N) is 1. The molecular formula is C17H28FN3O3. The highest BCUT2D eigenvalue weighted by atomic mass is 19.1. The van der Waals surface area contributed by atoms with Crippen LogP contribution in [0.1, 0.15) is 38.7 Å². The summed E-state index contributed by atoms with van der Waals surface area (Å²) in [5.74, 6) is -0.763. The Morgan fingerprint density at radius 1 is 1.46 bits per heavy atom. The van der Waals surface area contributed by atoms with Crippen molar-refractivity contribution in [3.63, 3.8) is 0 Å². The molecule has 0 radical (unpaired) electrons. The number of hydrogen-bond acceptors (Lipinski definition) is 6. The van der Waals surface area contributed by atoms with Crippen LogP contribution in [0.15, 0.2) is 12.4 Å². The molecule has 1 aromatic heterocycles. The first-order valence-corrected chi connectivity index (χ1v) is 8.28. The summed E-state index contributed by atoms with van der Waals surface area (Å²) < 4.78 is 23.3. The number of nitrogens with one attached hydrogen (secondary N) is 1. The maximum Gasteiger partial charge on any atom is 0.323 e. The van der Waals surface area contributed by atoms with Crippen LogP contribution in [0, 0.1) is 11.7 Å². The van der Waals surface area contributed by atoms with E-state index in [0.29, 0.717) is 5.56 Å². The van der Waals surface area contributed by atoms with E-state index in [1.807, 2.05) is 13.8 Å². The minimum absolute atomic E-state index is 0.0820. The molecule has 1 saturated heterocycles. The van der Waals surface area contributed by atoms with Gasteiger partial charge in [0.1, 0.15) is 11.9 Å². The molecule has 0 saturated carbocycles. The Bertz CT molecular complexity index is 482. The Labute approximate surface area is 142 Å². The Morgan fingerprint density at radius 3 is 2.58 bits per heavy atom. The number of hydrogen-bond donors (Lipinski definition) is 2. The van der Waals surface area contributed by atoms with Crippen LogP contribution in [-0.2, 0) is 20.8 Å². The Balaban J connectivity index is 0.000000488. The Hall–Kier alpha value is -1.73. The molecule has 2 atom stereocenters. The van der Waals surface area contributed by atoms with Gasteiger partial charge in [0.05, 0.1) is 25.2 Å². The first kappa shape index (κ1) is 20.3. The predicted molar refractivity (Wildman–Crippen MR) is 90.8 cm³/mol. The molecule has 24 heavy (non-hydrogen) atoms. The van der Waals surface area contributed by atoms with E-state index in [4.69, 9.17) is 15.2 Å². The Kier molecular flexibility index (Phi) is 9.26. The lowest BCUT2D eigenvalue weighted by atomic mass is 9.99. The third-order valence-corrected chi connectivity index (χ3v) is 4.03. The fraction of sp³-hybridized carbons (Fsp3) is 0.647. The average Bonchev–Trinajstić information content (AvgIpc) is 3.16. The van der Waals surface area contributed by atoms with Crippen molar-refractivity contribution in [2.24, 2.45) is 5.92 Å². The largest absolute Gasteiger partial charge is 0.468 e. The number of esters is 1. The van der Waals surface area contributed by atoms with E-state index < -0.39 is 11.9 Å². The smallest absolute Gasteiger partial charge is 0.323 e. The summed E-state index contributed by atoms with van der Waals surface area (Å²) in [4.78, 5) is 15.3. The van der Waals surface area contributed by atoms with E-state index in [0.717, 1.165) is 25.8 Å². The van der Waals surface area contributed by atoms with Gasteiger partial charge in [-0.3, -0.25) is 15.1 Å². The van der Waals surface area contributed by atoms with Crippen LogP contribution in [0.3, 0.4) is 0 Å². The van der Waals surface area contributed by atoms with Crippen molar-refractivity contribution in [1.29, 1.82) is 0 Å². The van der Waals surface area contributed by atoms with Gasteiger partial charge in [-0.2, -0.15) is 0 Å². The van der Waals surface area contributed by atoms with Crippen LogP contribution < -0.4 is 11.1 Å². The molecule has 1 aliphatic rings. The minimum atomic E-state index is -0.486. The summed E-state index contributed by atoms with van der Waals surface area (Å²) in [5.41, 5.74) is 6.24. The normalized spacial score (nSPS) is 16.0. The van der Waals surface area contributed by atoms with E-state index in [-0.39, 0.29) is 24.1 Å². The second-order valence-electron chi connectivity index (χ2n) is 5.78. The fourth-order valence-electron chi connectivity index (χ4n) is 2.27. The third kappa shape index (κ3) is 6.41. The highest BCUT2D eigenvalue weighted by molar-refractivity contribution is 5.76. The van der Waals surface area contributed by atoms with E-state index in [1.165, 1.54) is 26.1 Å². The van der Waals surface area contributed by atoms with Gasteiger partial charge in [0.25, 0.3) is 0 Å². The number of pyridine rings is 1. The zero-order valence-corrected chi connectivity index (χ0v) is 14.7. The molecule has 1 aliphatic heterocycles. The molecule has 0 bridgehead atoms. The number of rotatable bonds is 6. The van der Waals surface area contributed by atoms with Gasteiger partial charge in [-0.05, 0) is 18.8 Å². The van der Waals surface area contributed by atoms with Crippen molar-refractivity contribution in [2.45, 2.75) is 45.7 Å². The molecule has 0 spiro atoms. The predicted octanol–water partition coefficient (Wildman–Crippen LogP) is 2.28. The van der Waals surface area contributed by atoms with Crippen LogP contribution in [0.5, 0.6) is 0 Å². The quantitative estimate of drug-likeness (QED) is 0.772. The molecule has 0 aromatic carbocycles. The number of carbonyl (C=O) groups is 1. The standard InChI is InChI=1S/C13H20FN3O2.C4H8O/c1-4-8(2)12(13(18)19-3)17-5-9-10(14)6-16-7-11(9)15;1-2-4-5-3-1/h6-8,12,17H,4-5,15H2,1-3H3;1-4H2. The van der Waals surface area contributed by atoms with E-state index in [1.54, 1.807) is 0 Å². The zero-order valence-electron chi connectivity index (χ0n) is 14.7. The lowest BCUT2D eigenvalue weighted by Gasteiger charge is -2.22. The van der Waals surface area contributed by atoms with E-state index in [9.17, 15) is 9.18 Å². The van der Waals surface area contributed by atoms with Gasteiger partial charge < -0.3 is 15.2 Å². The number of ether oxygens (including phenoxy) is 2. The topological polar surface area (TPSA) is 86.5 Å². The van der Waals surface area contributed by atoms with Gasteiger partial charge in [-0.25, -0.2) is 4.39 Å². The lowest BCUT2D eigenvalue weighted by molar-refractivity contribution is -0.144. The highest BCUT2D eigenvalue weighted by Crippen LogP contribution is 2.15. The van der Waals surface area contributed by atoms with Gasteiger partial charge in [0.15, 0.2) is 0 Å². The van der Waals surface area contributed by atoms with Crippen LogP contribution in [-0.4, -0.2) is 37.3 Å². The molecule has 7 heteroatoms. The summed E-state index contributed by atoms with van der Waals surface area (Å²) >= 11 is 0. The summed E-state index contributed by atoms with van der Waals surface area (Å²) in [7, 11) is 1.33. The lowest BCUT2D eigenvalue weighted by Crippen LogP contribution is -2.42. The average molecular weight is 341 g/mol. The van der Waals surface area contributed by atoms with Crippen molar-refractivity contribution >= 4 is 11.7 Å². The molecule has 2 unspecified atom stereocenters. The van der Waals surface area contributed by atoms with Crippen molar-refractivity contribution < 1.29 is 18.7 Å². The molecule has 136 valence electrons. The number of halogens is 1. The van der Waals surface area contributed by atoms with Gasteiger partial charge >= 0.3 is 5.97 Å². The maximum atomic E-state index is 13.6. The number of anilines is 1. The molecular weight excluding hydrogens is 313 g/mol. The van der Waals surface area contributed by atoms with Crippen molar-refractivity contribution in [3.05, 3.63) is 23.8 Å². The van der Waals surface area contributed by atoms with Crippen LogP contribution in [0.2, 0.25) is 0 Å². The summed E-state index contributed by atoms with van der Waals surface area (Å²) in [5, 5.41) is 3.00. The number of nitrogen functional groups attached to an aromatic ring is 1. The first-order chi connectivity index (χ1) is 11.5. The SMILES string of the molecule is C1CCOC1.CCC(C)C(NCc1c(N)cncc1F)C(=O)OC. The minimum Gasteiger partial charge on any atom is -0.468 e.